The topological polar surface area (TPSA) is 85.7 Å². The number of ether oxygens (including phenoxy) is 2. The zero-order chi connectivity index (χ0) is 14.2. The second kappa shape index (κ2) is 4.77. The number of hydrogen-bond acceptors (Lipinski definition) is 5. The molecule has 1 aliphatic rings. The zero-order valence-electron chi connectivity index (χ0n) is 10.3. The lowest BCUT2D eigenvalue weighted by Crippen LogP contribution is -2.22. The highest BCUT2D eigenvalue weighted by Crippen LogP contribution is 2.37. The number of nitrogens with zero attached hydrogens (tertiary/aromatic N) is 1. The molecule has 1 aliphatic heterocycles. The van der Waals surface area contributed by atoms with Crippen molar-refractivity contribution in [3.05, 3.63) is 48.3 Å². The summed E-state index contributed by atoms with van der Waals surface area (Å²) in [7, 11) is -4.27. The first kappa shape index (κ1) is 12.9. The molecule has 3 rings (SSSR count). The van der Waals surface area contributed by atoms with Gasteiger partial charge < -0.3 is 9.47 Å². The van der Waals surface area contributed by atoms with Gasteiger partial charge in [-0.25, -0.2) is 0 Å². The van der Waals surface area contributed by atoms with Crippen LogP contribution in [0.15, 0.2) is 47.5 Å². The van der Waals surface area contributed by atoms with Crippen LogP contribution in [0.2, 0.25) is 0 Å². The van der Waals surface area contributed by atoms with E-state index in [4.69, 9.17) is 14.0 Å². The van der Waals surface area contributed by atoms with Gasteiger partial charge in [0.25, 0.3) is 10.1 Å². The molecule has 1 aromatic heterocycles. The van der Waals surface area contributed by atoms with Crippen molar-refractivity contribution >= 4 is 10.1 Å². The van der Waals surface area contributed by atoms with Gasteiger partial charge in [0.05, 0.1) is 10.6 Å². The molecule has 0 radical (unpaired) electrons. The van der Waals surface area contributed by atoms with Crippen molar-refractivity contribution in [1.82, 2.24) is 4.98 Å². The first-order chi connectivity index (χ1) is 9.54. The molecule has 7 heteroatoms. The fourth-order valence-electron chi connectivity index (χ4n) is 1.93. The van der Waals surface area contributed by atoms with Crippen LogP contribution in [0.25, 0.3) is 0 Å². The lowest BCUT2D eigenvalue weighted by molar-refractivity contribution is 0.0879. The number of pyridine rings is 1. The van der Waals surface area contributed by atoms with E-state index >= 15 is 0 Å². The maximum Gasteiger partial charge on any atom is 0.294 e. The quantitative estimate of drug-likeness (QED) is 0.850. The molecule has 2 aromatic rings. The molecule has 0 aliphatic carbocycles. The lowest BCUT2D eigenvalue weighted by atomic mass is 10.2. The lowest BCUT2D eigenvalue weighted by Gasteiger charge is -2.26. The van der Waals surface area contributed by atoms with Gasteiger partial charge in [0.1, 0.15) is 6.61 Å². The van der Waals surface area contributed by atoms with Crippen molar-refractivity contribution in [3.8, 4) is 11.5 Å². The van der Waals surface area contributed by atoms with Crippen molar-refractivity contribution in [2.45, 2.75) is 11.0 Å². The van der Waals surface area contributed by atoms with Gasteiger partial charge in [0.2, 0.25) is 0 Å². The highest BCUT2D eigenvalue weighted by Gasteiger charge is 2.25. The molecular weight excluding hydrogens is 282 g/mol. The molecule has 0 fully saturated rings. The van der Waals surface area contributed by atoms with Gasteiger partial charge in [-0.15, -0.1) is 0 Å². The van der Waals surface area contributed by atoms with E-state index < -0.39 is 16.2 Å². The Morgan fingerprint density at radius 1 is 1.20 bits per heavy atom. The third-order valence-electron chi connectivity index (χ3n) is 2.89. The van der Waals surface area contributed by atoms with Crippen LogP contribution in [-0.4, -0.2) is 24.6 Å². The number of hydrogen-bond donors (Lipinski definition) is 1. The number of aromatic nitrogens is 1. The predicted molar refractivity (Wildman–Crippen MR) is 69.4 cm³/mol. The average Bonchev–Trinajstić information content (AvgIpc) is 2.46. The summed E-state index contributed by atoms with van der Waals surface area (Å²) in [5.74, 6) is 0.701. The van der Waals surface area contributed by atoms with Gasteiger partial charge in [0.15, 0.2) is 17.6 Å². The smallest absolute Gasteiger partial charge is 0.294 e. The molecule has 0 bridgehead atoms. The summed E-state index contributed by atoms with van der Waals surface area (Å²) in [5, 5.41) is 0. The Balaban J connectivity index is 1.94. The van der Waals surface area contributed by atoms with Gasteiger partial charge in [0, 0.05) is 12.3 Å². The van der Waals surface area contributed by atoms with Crippen LogP contribution in [0.1, 0.15) is 11.8 Å². The molecule has 0 saturated heterocycles. The molecule has 6 nitrogen and oxygen atoms in total. The maximum atomic E-state index is 11.1. The first-order valence-corrected chi connectivity index (χ1v) is 7.30. The van der Waals surface area contributed by atoms with Crippen molar-refractivity contribution in [2.24, 2.45) is 0 Å². The Morgan fingerprint density at radius 2 is 2.05 bits per heavy atom. The molecule has 0 spiro atoms. The monoisotopic (exact) mass is 293 g/mol. The molecule has 2 heterocycles. The molecule has 1 atom stereocenters. The fourth-order valence-corrected chi connectivity index (χ4v) is 2.42. The number of benzene rings is 1. The Labute approximate surface area is 115 Å². The van der Waals surface area contributed by atoms with Gasteiger partial charge in [-0.05, 0) is 24.3 Å². The Hall–Kier alpha value is -2.12. The van der Waals surface area contributed by atoms with E-state index in [1.807, 2.05) is 6.07 Å². The highest BCUT2D eigenvalue weighted by atomic mass is 32.2. The second-order valence-electron chi connectivity index (χ2n) is 4.26. The van der Waals surface area contributed by atoms with E-state index in [1.165, 1.54) is 18.2 Å². The predicted octanol–water partition coefficient (Wildman–Crippen LogP) is 1.84. The largest absolute Gasteiger partial charge is 0.485 e. The van der Waals surface area contributed by atoms with Crippen molar-refractivity contribution in [3.63, 3.8) is 0 Å². The summed E-state index contributed by atoms with van der Waals surface area (Å²) in [6.07, 6.45) is 1.23. The molecule has 1 aromatic carbocycles. The van der Waals surface area contributed by atoms with Crippen LogP contribution in [0, 0.1) is 0 Å². The van der Waals surface area contributed by atoms with Crippen LogP contribution < -0.4 is 9.47 Å². The van der Waals surface area contributed by atoms with Gasteiger partial charge in [-0.3, -0.25) is 9.54 Å². The zero-order valence-corrected chi connectivity index (χ0v) is 11.1. The average molecular weight is 293 g/mol. The molecule has 1 unspecified atom stereocenters. The van der Waals surface area contributed by atoms with Crippen LogP contribution in [0.5, 0.6) is 11.5 Å². The minimum atomic E-state index is -4.27. The minimum Gasteiger partial charge on any atom is -0.485 e. The Bertz CT molecular complexity index is 730. The fraction of sp³-hybridized carbons (Fsp3) is 0.154. The van der Waals surface area contributed by atoms with E-state index in [1.54, 1.807) is 18.3 Å². The summed E-state index contributed by atoms with van der Waals surface area (Å²) >= 11 is 0. The first-order valence-electron chi connectivity index (χ1n) is 5.86. The molecule has 20 heavy (non-hydrogen) atoms. The van der Waals surface area contributed by atoms with Crippen molar-refractivity contribution < 1.29 is 22.4 Å². The van der Waals surface area contributed by atoms with Crippen LogP contribution >= 0.6 is 0 Å². The normalized spacial score (nSPS) is 17.8. The van der Waals surface area contributed by atoms with Crippen LogP contribution in [0.4, 0.5) is 0 Å². The third kappa shape index (κ3) is 2.45. The molecule has 104 valence electrons. The molecular formula is C13H11NO5S. The molecule has 0 amide bonds. The molecule has 1 N–H and O–H groups in total. The summed E-state index contributed by atoms with van der Waals surface area (Å²) in [6.45, 7) is 0.287. The SMILES string of the molecule is O=S(=O)(O)c1ccc2c(c1)OC(c1ccccn1)CO2. The summed E-state index contributed by atoms with van der Waals surface area (Å²) < 4.78 is 42.5. The Kier molecular flexibility index (Phi) is 3.07. The second-order valence-corrected chi connectivity index (χ2v) is 5.68. The molecule has 0 saturated carbocycles. The maximum absolute atomic E-state index is 11.1. The summed E-state index contributed by atoms with van der Waals surface area (Å²) in [6, 6.07) is 9.37. The van der Waals surface area contributed by atoms with Crippen molar-refractivity contribution in [2.75, 3.05) is 6.61 Å². The van der Waals surface area contributed by atoms with E-state index in [2.05, 4.69) is 4.98 Å². The number of fused-ring (bicyclic) bond motifs is 1. The number of rotatable bonds is 2. The summed E-state index contributed by atoms with van der Waals surface area (Å²) in [5.41, 5.74) is 0.690. The minimum absolute atomic E-state index is 0.235. The summed E-state index contributed by atoms with van der Waals surface area (Å²) in [4.78, 5) is 3.94. The standard InChI is InChI=1S/C13H11NO5S/c15-20(16,17)9-4-5-11-12(7-9)19-13(8-18-11)10-3-1-2-6-14-10/h1-7,13H,8H2,(H,15,16,17). The third-order valence-corrected chi connectivity index (χ3v) is 3.74. The van der Waals surface area contributed by atoms with E-state index in [0.29, 0.717) is 11.4 Å². The van der Waals surface area contributed by atoms with Crippen molar-refractivity contribution in [1.29, 1.82) is 0 Å². The van der Waals surface area contributed by atoms with E-state index in [-0.39, 0.29) is 17.3 Å². The highest BCUT2D eigenvalue weighted by molar-refractivity contribution is 7.85. The Morgan fingerprint density at radius 3 is 2.75 bits per heavy atom. The van der Waals surface area contributed by atoms with Crippen LogP contribution in [-0.2, 0) is 10.1 Å². The van der Waals surface area contributed by atoms with Gasteiger partial charge in [-0.1, -0.05) is 6.07 Å². The van der Waals surface area contributed by atoms with E-state index in [0.717, 1.165) is 0 Å². The van der Waals surface area contributed by atoms with Gasteiger partial charge >= 0.3 is 0 Å². The van der Waals surface area contributed by atoms with Gasteiger partial charge in [-0.2, -0.15) is 8.42 Å². The van der Waals surface area contributed by atoms with Crippen LogP contribution in [0.3, 0.4) is 0 Å². The van der Waals surface area contributed by atoms with E-state index in [9.17, 15) is 8.42 Å².